The van der Waals surface area contributed by atoms with Crippen molar-refractivity contribution in [2.75, 3.05) is 39.3 Å². The van der Waals surface area contributed by atoms with Gasteiger partial charge in [0, 0.05) is 45.3 Å². The Labute approximate surface area is 139 Å². The average molecular weight is 315 g/mol. The standard InChI is InChI=1S/C18H29N5/c1-3-22-8-10-23(11-9-22)14-17-6-4-16(5-7-17)13-20-18-19-12-15(2)21-18/h4-7,15H,3,8-14H2,1-2H3,(H2,19,20,21). The van der Waals surface area contributed by atoms with Crippen LogP contribution in [0.4, 0.5) is 0 Å². The Kier molecular flexibility index (Phi) is 5.51. The van der Waals surface area contributed by atoms with E-state index in [0.717, 1.165) is 25.6 Å². The third kappa shape index (κ3) is 4.69. The zero-order chi connectivity index (χ0) is 16.1. The minimum atomic E-state index is 0.452. The van der Waals surface area contributed by atoms with Gasteiger partial charge in [-0.2, -0.15) is 0 Å². The highest BCUT2D eigenvalue weighted by atomic mass is 15.3. The molecule has 126 valence electrons. The molecule has 1 saturated heterocycles. The number of nitrogens with one attached hydrogen (secondary N) is 2. The topological polar surface area (TPSA) is 42.9 Å². The zero-order valence-electron chi connectivity index (χ0n) is 14.4. The van der Waals surface area contributed by atoms with Gasteiger partial charge in [-0.15, -0.1) is 0 Å². The van der Waals surface area contributed by atoms with E-state index in [0.29, 0.717) is 6.04 Å². The maximum atomic E-state index is 4.42. The lowest BCUT2D eigenvalue weighted by atomic mass is 10.1. The molecule has 1 unspecified atom stereocenters. The van der Waals surface area contributed by atoms with Gasteiger partial charge >= 0.3 is 0 Å². The zero-order valence-corrected chi connectivity index (χ0v) is 14.4. The van der Waals surface area contributed by atoms with Crippen molar-refractivity contribution >= 4 is 5.96 Å². The maximum absolute atomic E-state index is 4.42. The molecule has 0 radical (unpaired) electrons. The quantitative estimate of drug-likeness (QED) is 0.858. The molecule has 2 N–H and O–H groups in total. The molecule has 5 nitrogen and oxygen atoms in total. The summed E-state index contributed by atoms with van der Waals surface area (Å²) in [7, 11) is 0. The summed E-state index contributed by atoms with van der Waals surface area (Å²) in [5.41, 5.74) is 2.71. The van der Waals surface area contributed by atoms with Gasteiger partial charge in [0.1, 0.15) is 0 Å². The summed E-state index contributed by atoms with van der Waals surface area (Å²) in [4.78, 5) is 9.50. The van der Waals surface area contributed by atoms with Crippen molar-refractivity contribution in [1.29, 1.82) is 0 Å². The van der Waals surface area contributed by atoms with Crippen LogP contribution in [0, 0.1) is 0 Å². The number of nitrogens with zero attached hydrogens (tertiary/aromatic N) is 3. The van der Waals surface area contributed by atoms with Gasteiger partial charge in [-0.3, -0.25) is 9.89 Å². The van der Waals surface area contributed by atoms with E-state index in [-0.39, 0.29) is 0 Å². The molecule has 1 aromatic rings. The van der Waals surface area contributed by atoms with Crippen molar-refractivity contribution in [2.24, 2.45) is 4.99 Å². The Morgan fingerprint density at radius 2 is 1.74 bits per heavy atom. The summed E-state index contributed by atoms with van der Waals surface area (Å²) < 4.78 is 0. The largest absolute Gasteiger partial charge is 0.352 e. The van der Waals surface area contributed by atoms with Crippen molar-refractivity contribution in [3.05, 3.63) is 35.4 Å². The first-order valence-electron chi connectivity index (χ1n) is 8.80. The Morgan fingerprint density at radius 3 is 2.35 bits per heavy atom. The summed E-state index contributed by atoms with van der Waals surface area (Å²) in [5.74, 6) is 0.926. The first kappa shape index (κ1) is 16.3. The first-order valence-corrected chi connectivity index (χ1v) is 8.80. The first-order chi connectivity index (χ1) is 11.2. The van der Waals surface area contributed by atoms with Gasteiger partial charge in [0.05, 0.1) is 6.54 Å². The van der Waals surface area contributed by atoms with Crippen LogP contribution in [0.2, 0.25) is 0 Å². The molecule has 23 heavy (non-hydrogen) atoms. The predicted octanol–water partition coefficient (Wildman–Crippen LogP) is 1.26. The van der Waals surface area contributed by atoms with Crippen LogP contribution >= 0.6 is 0 Å². The van der Waals surface area contributed by atoms with E-state index in [1.165, 1.54) is 43.9 Å². The van der Waals surface area contributed by atoms with E-state index in [9.17, 15) is 0 Å². The van der Waals surface area contributed by atoms with Crippen LogP contribution in [0.3, 0.4) is 0 Å². The van der Waals surface area contributed by atoms with Crippen LogP contribution in [0.5, 0.6) is 0 Å². The Balaban J connectivity index is 1.44. The van der Waals surface area contributed by atoms with Crippen molar-refractivity contribution < 1.29 is 0 Å². The van der Waals surface area contributed by atoms with Gasteiger partial charge in [0.25, 0.3) is 0 Å². The smallest absolute Gasteiger partial charge is 0.191 e. The number of benzene rings is 1. The summed E-state index contributed by atoms with van der Waals surface area (Å²) in [6, 6.07) is 9.42. The molecule has 2 aliphatic heterocycles. The number of rotatable bonds is 5. The van der Waals surface area contributed by atoms with E-state index >= 15 is 0 Å². The second-order valence-electron chi connectivity index (χ2n) is 6.62. The molecule has 3 rings (SSSR count). The second-order valence-corrected chi connectivity index (χ2v) is 6.62. The number of hydrogen-bond donors (Lipinski definition) is 2. The van der Waals surface area contributed by atoms with Crippen LogP contribution in [0.25, 0.3) is 0 Å². The average Bonchev–Trinajstić information content (AvgIpc) is 3.00. The minimum Gasteiger partial charge on any atom is -0.352 e. The van der Waals surface area contributed by atoms with Crippen LogP contribution in [0.15, 0.2) is 29.3 Å². The molecule has 2 aliphatic rings. The molecule has 0 bridgehead atoms. The molecule has 2 heterocycles. The Bertz CT molecular complexity index is 517. The van der Waals surface area contributed by atoms with Crippen molar-refractivity contribution in [3.63, 3.8) is 0 Å². The fourth-order valence-corrected chi connectivity index (χ4v) is 3.13. The van der Waals surface area contributed by atoms with E-state index < -0.39 is 0 Å². The highest BCUT2D eigenvalue weighted by molar-refractivity contribution is 5.81. The number of piperazine rings is 1. The molecule has 1 atom stereocenters. The number of likely N-dealkylation sites (N-methyl/N-ethyl adjacent to an activating group) is 1. The lowest BCUT2D eigenvalue weighted by Crippen LogP contribution is -2.45. The summed E-state index contributed by atoms with van der Waals surface area (Å²) in [5, 5.41) is 6.69. The highest BCUT2D eigenvalue weighted by Gasteiger charge is 2.15. The molecular weight excluding hydrogens is 286 g/mol. The molecule has 1 fully saturated rings. The maximum Gasteiger partial charge on any atom is 0.191 e. The van der Waals surface area contributed by atoms with Gasteiger partial charge in [-0.25, -0.2) is 0 Å². The molecule has 0 saturated carbocycles. The number of aliphatic imine (C=N–C) groups is 1. The lowest BCUT2D eigenvalue weighted by molar-refractivity contribution is 0.132. The van der Waals surface area contributed by atoms with Gasteiger partial charge in [0.2, 0.25) is 0 Å². The molecule has 0 amide bonds. The van der Waals surface area contributed by atoms with E-state index in [4.69, 9.17) is 0 Å². The fraction of sp³-hybridized carbons (Fsp3) is 0.611. The molecule has 0 aromatic heterocycles. The summed E-state index contributed by atoms with van der Waals surface area (Å²) in [6.07, 6.45) is 0. The third-order valence-corrected chi connectivity index (χ3v) is 4.71. The van der Waals surface area contributed by atoms with Gasteiger partial charge < -0.3 is 15.5 Å². The van der Waals surface area contributed by atoms with E-state index in [2.05, 4.69) is 63.5 Å². The van der Waals surface area contributed by atoms with Crippen LogP contribution in [0.1, 0.15) is 25.0 Å². The normalized spacial score (nSPS) is 22.7. The van der Waals surface area contributed by atoms with Crippen LogP contribution < -0.4 is 10.6 Å². The number of hydrogen-bond acceptors (Lipinski definition) is 5. The third-order valence-electron chi connectivity index (χ3n) is 4.71. The van der Waals surface area contributed by atoms with Crippen LogP contribution in [-0.4, -0.2) is 61.1 Å². The molecule has 0 aliphatic carbocycles. The highest BCUT2D eigenvalue weighted by Crippen LogP contribution is 2.10. The van der Waals surface area contributed by atoms with E-state index in [1.54, 1.807) is 0 Å². The second kappa shape index (κ2) is 7.79. The van der Waals surface area contributed by atoms with Gasteiger partial charge in [-0.1, -0.05) is 31.2 Å². The van der Waals surface area contributed by atoms with Crippen LogP contribution in [-0.2, 0) is 13.1 Å². The van der Waals surface area contributed by atoms with Crippen molar-refractivity contribution in [1.82, 2.24) is 20.4 Å². The van der Waals surface area contributed by atoms with Crippen molar-refractivity contribution in [3.8, 4) is 0 Å². The fourth-order valence-electron chi connectivity index (χ4n) is 3.13. The van der Waals surface area contributed by atoms with Gasteiger partial charge in [0.15, 0.2) is 5.96 Å². The summed E-state index contributed by atoms with van der Waals surface area (Å²) >= 11 is 0. The number of guanidine groups is 1. The Morgan fingerprint density at radius 1 is 1.09 bits per heavy atom. The monoisotopic (exact) mass is 315 g/mol. The minimum absolute atomic E-state index is 0.452. The Hall–Kier alpha value is -1.59. The SMILES string of the molecule is CCN1CCN(Cc2ccc(CNC3=NCC(C)N3)cc2)CC1. The van der Waals surface area contributed by atoms with Crippen molar-refractivity contribution in [2.45, 2.75) is 33.0 Å². The summed E-state index contributed by atoms with van der Waals surface area (Å²) in [6.45, 7) is 13.1. The lowest BCUT2D eigenvalue weighted by Gasteiger charge is -2.34. The molecule has 0 spiro atoms. The molecule has 1 aromatic carbocycles. The molecular formula is C18H29N5. The molecule has 5 heteroatoms. The van der Waals surface area contributed by atoms with Gasteiger partial charge in [-0.05, 0) is 24.6 Å². The van der Waals surface area contributed by atoms with E-state index in [1.807, 2.05) is 0 Å². The predicted molar refractivity (Wildman–Crippen MR) is 95.6 cm³/mol.